The van der Waals surface area contributed by atoms with Gasteiger partial charge in [-0.15, -0.1) is 0 Å². The van der Waals surface area contributed by atoms with E-state index < -0.39 is 12.0 Å². The number of carbonyl (C=O) groups excluding carboxylic acids is 2. The van der Waals surface area contributed by atoms with Crippen molar-refractivity contribution in [2.24, 2.45) is 0 Å². The Morgan fingerprint density at radius 2 is 1.90 bits per heavy atom. The summed E-state index contributed by atoms with van der Waals surface area (Å²) < 4.78 is 5.09. The first-order chi connectivity index (χ1) is 14.5. The largest absolute Gasteiger partial charge is 0.466 e. The summed E-state index contributed by atoms with van der Waals surface area (Å²) >= 11 is 1.27. The van der Waals surface area contributed by atoms with Gasteiger partial charge in [0.1, 0.15) is 11.6 Å². The second-order valence-corrected chi connectivity index (χ2v) is 7.98. The number of rotatable bonds is 6. The lowest BCUT2D eigenvalue weighted by Crippen LogP contribution is -2.50. The molecule has 0 bridgehead atoms. The van der Waals surface area contributed by atoms with Crippen molar-refractivity contribution in [2.45, 2.75) is 30.1 Å². The van der Waals surface area contributed by atoms with Gasteiger partial charge in [0.25, 0.3) is 0 Å². The Morgan fingerprint density at radius 1 is 1.23 bits per heavy atom. The first kappa shape index (κ1) is 20.0. The average molecular weight is 427 g/mol. The predicted molar refractivity (Wildman–Crippen MR) is 113 cm³/mol. The third-order valence-corrected chi connectivity index (χ3v) is 5.77. The number of nitrogen functional groups attached to an aromatic ring is 2. The second-order valence-electron chi connectivity index (χ2n) is 7.04. The molecule has 2 aromatic rings. The van der Waals surface area contributed by atoms with E-state index in [9.17, 15) is 9.59 Å². The van der Waals surface area contributed by atoms with E-state index in [0.717, 1.165) is 18.4 Å². The minimum Gasteiger partial charge on any atom is -0.466 e. The van der Waals surface area contributed by atoms with Gasteiger partial charge in [-0.3, -0.25) is 4.90 Å². The van der Waals surface area contributed by atoms with E-state index >= 15 is 0 Å². The Kier molecular flexibility index (Phi) is 5.49. The zero-order valence-corrected chi connectivity index (χ0v) is 17.2. The molecular formula is C20H22N6O3S. The highest BCUT2D eigenvalue weighted by atomic mass is 32.2. The van der Waals surface area contributed by atoms with Gasteiger partial charge >= 0.3 is 12.0 Å². The van der Waals surface area contributed by atoms with Gasteiger partial charge < -0.3 is 21.5 Å². The van der Waals surface area contributed by atoms with Gasteiger partial charge in [-0.25, -0.2) is 19.6 Å². The van der Waals surface area contributed by atoms with Crippen molar-refractivity contribution in [1.29, 1.82) is 0 Å². The van der Waals surface area contributed by atoms with E-state index in [4.69, 9.17) is 16.2 Å². The number of carbonyl (C=O) groups is 2. The van der Waals surface area contributed by atoms with E-state index in [2.05, 4.69) is 15.3 Å². The lowest BCUT2D eigenvalue weighted by atomic mass is 9.95. The highest BCUT2D eigenvalue weighted by molar-refractivity contribution is 7.99. The fourth-order valence-electron chi connectivity index (χ4n) is 3.45. The standard InChI is InChI=1S/C20H22N6O3S/c1-29-18(27)16-13(10-30-19-23-14(21)9-15(22)24-19)26(12-7-8-12)20(28)25-17(16)11-5-3-2-4-6-11/h2-6,9,12,17H,7-8,10H2,1H3,(H,25,28)(H4,21,22,23,24)/t17-/m0/s1. The van der Waals surface area contributed by atoms with Crippen molar-refractivity contribution in [2.75, 3.05) is 24.3 Å². The molecule has 0 unspecified atom stereocenters. The molecule has 1 atom stereocenters. The highest BCUT2D eigenvalue weighted by Gasteiger charge is 2.43. The Hall–Kier alpha value is -3.27. The van der Waals surface area contributed by atoms with Crippen LogP contribution in [0.25, 0.3) is 0 Å². The maximum Gasteiger partial charge on any atom is 0.338 e. The van der Waals surface area contributed by atoms with Gasteiger partial charge in [0, 0.05) is 23.6 Å². The summed E-state index contributed by atoms with van der Waals surface area (Å²) in [4.78, 5) is 35.9. The van der Waals surface area contributed by atoms with Gasteiger partial charge in [0.15, 0.2) is 5.16 Å². The van der Waals surface area contributed by atoms with Crippen LogP contribution in [0.2, 0.25) is 0 Å². The molecule has 2 amide bonds. The van der Waals surface area contributed by atoms with Crippen molar-refractivity contribution in [3.05, 3.63) is 53.2 Å². The van der Waals surface area contributed by atoms with Gasteiger partial charge in [-0.1, -0.05) is 42.1 Å². The average Bonchev–Trinajstić information content (AvgIpc) is 3.56. The summed E-state index contributed by atoms with van der Waals surface area (Å²) in [6.45, 7) is 0. The lowest BCUT2D eigenvalue weighted by molar-refractivity contribution is -0.136. The molecule has 1 aliphatic carbocycles. The number of methoxy groups -OCH3 is 1. The van der Waals surface area contributed by atoms with E-state index in [1.54, 1.807) is 4.90 Å². The molecule has 9 nitrogen and oxygen atoms in total. The normalized spacial score (nSPS) is 18.9. The molecule has 1 fully saturated rings. The Labute approximate surface area is 177 Å². The number of anilines is 2. The number of amides is 2. The topological polar surface area (TPSA) is 136 Å². The van der Waals surface area contributed by atoms with E-state index in [1.807, 2.05) is 30.3 Å². The molecule has 4 rings (SSSR count). The van der Waals surface area contributed by atoms with Crippen LogP contribution >= 0.6 is 11.8 Å². The third kappa shape index (κ3) is 4.04. The van der Waals surface area contributed by atoms with Gasteiger partial charge in [0.2, 0.25) is 0 Å². The molecule has 5 N–H and O–H groups in total. The summed E-state index contributed by atoms with van der Waals surface area (Å²) in [5.41, 5.74) is 13.3. The number of benzene rings is 1. The van der Waals surface area contributed by atoms with Crippen LogP contribution < -0.4 is 16.8 Å². The smallest absolute Gasteiger partial charge is 0.338 e. The third-order valence-electron chi connectivity index (χ3n) is 4.91. The summed E-state index contributed by atoms with van der Waals surface area (Å²) in [5.74, 6) is 0.322. The first-order valence-corrected chi connectivity index (χ1v) is 10.5. The number of thioether (sulfide) groups is 1. The van der Waals surface area contributed by atoms with E-state index in [-0.39, 0.29) is 23.7 Å². The van der Waals surface area contributed by atoms with Crippen molar-refractivity contribution in [3.63, 3.8) is 0 Å². The van der Waals surface area contributed by atoms with Gasteiger partial charge in [-0.2, -0.15) is 0 Å². The number of esters is 1. The molecule has 1 saturated carbocycles. The van der Waals surface area contributed by atoms with Gasteiger partial charge in [-0.05, 0) is 18.4 Å². The van der Waals surface area contributed by atoms with Crippen LogP contribution in [-0.2, 0) is 9.53 Å². The van der Waals surface area contributed by atoms with E-state index in [0.29, 0.717) is 22.2 Å². The van der Waals surface area contributed by atoms with Crippen LogP contribution in [0, 0.1) is 0 Å². The quantitative estimate of drug-likeness (QED) is 0.363. The zero-order chi connectivity index (χ0) is 21.3. The number of hydrogen-bond acceptors (Lipinski definition) is 8. The summed E-state index contributed by atoms with van der Waals surface area (Å²) in [5, 5.41) is 3.34. The van der Waals surface area contributed by atoms with E-state index in [1.165, 1.54) is 24.9 Å². The Bertz CT molecular complexity index is 989. The highest BCUT2D eigenvalue weighted by Crippen LogP contribution is 2.39. The van der Waals surface area contributed by atoms with Crippen LogP contribution in [0.3, 0.4) is 0 Å². The molecule has 0 spiro atoms. The van der Waals surface area contributed by atoms with Crippen molar-refractivity contribution >= 4 is 35.4 Å². The summed E-state index contributed by atoms with van der Waals surface area (Å²) in [6, 6.07) is 10.0. The molecule has 0 radical (unpaired) electrons. The molecule has 30 heavy (non-hydrogen) atoms. The minimum absolute atomic E-state index is 0.0591. The predicted octanol–water partition coefficient (Wildman–Crippen LogP) is 2.09. The van der Waals surface area contributed by atoms with Crippen molar-refractivity contribution in [3.8, 4) is 0 Å². The molecule has 1 aromatic heterocycles. The molecule has 10 heteroatoms. The summed E-state index contributed by atoms with van der Waals surface area (Å²) in [6.07, 6.45) is 1.77. The molecular weight excluding hydrogens is 404 g/mol. The van der Waals surface area contributed by atoms with Crippen LogP contribution in [0.5, 0.6) is 0 Å². The van der Waals surface area contributed by atoms with Crippen LogP contribution in [0.4, 0.5) is 16.4 Å². The number of hydrogen-bond donors (Lipinski definition) is 3. The molecule has 2 aliphatic rings. The van der Waals surface area contributed by atoms with Crippen LogP contribution in [0.1, 0.15) is 24.4 Å². The number of urea groups is 1. The number of nitrogens with one attached hydrogen (secondary N) is 1. The maximum atomic E-state index is 13.0. The molecule has 156 valence electrons. The Balaban J connectivity index is 1.76. The lowest BCUT2D eigenvalue weighted by Gasteiger charge is -2.36. The molecule has 1 aromatic carbocycles. The zero-order valence-electron chi connectivity index (χ0n) is 16.4. The molecule has 0 saturated heterocycles. The molecule has 1 aliphatic heterocycles. The van der Waals surface area contributed by atoms with Crippen LogP contribution in [-0.4, -0.2) is 45.8 Å². The van der Waals surface area contributed by atoms with Crippen molar-refractivity contribution < 1.29 is 14.3 Å². The van der Waals surface area contributed by atoms with Gasteiger partial charge in [0.05, 0.1) is 18.7 Å². The molecule has 2 heterocycles. The fraction of sp³-hybridized carbons (Fsp3) is 0.300. The number of ether oxygens (including phenoxy) is 1. The fourth-order valence-corrected chi connectivity index (χ4v) is 4.35. The summed E-state index contributed by atoms with van der Waals surface area (Å²) in [7, 11) is 1.34. The Morgan fingerprint density at radius 3 is 2.50 bits per heavy atom. The minimum atomic E-state index is -0.608. The van der Waals surface area contributed by atoms with Crippen LogP contribution in [0.15, 0.2) is 52.8 Å². The maximum absolute atomic E-state index is 13.0. The second kappa shape index (κ2) is 8.23. The SMILES string of the molecule is COC(=O)C1=C(CSc2nc(N)cc(N)n2)N(C2CC2)C(=O)N[C@H]1c1ccccc1. The van der Waals surface area contributed by atoms with Crippen molar-refractivity contribution in [1.82, 2.24) is 20.2 Å². The monoisotopic (exact) mass is 426 g/mol. The first-order valence-electron chi connectivity index (χ1n) is 9.46. The number of aromatic nitrogens is 2. The number of nitrogens with two attached hydrogens (primary N) is 2. The number of nitrogens with zero attached hydrogens (tertiary/aromatic N) is 3.